The van der Waals surface area contributed by atoms with Crippen LogP contribution in [0.1, 0.15) is 26.2 Å². The molecule has 2 rings (SSSR count). The number of nitrogens with one attached hydrogen (secondary N) is 1. The molecule has 94 valence electrons. The molecule has 0 unspecified atom stereocenters. The number of rotatable bonds is 1. The zero-order valence-corrected chi connectivity index (χ0v) is 10.5. The molecule has 5 heteroatoms. The van der Waals surface area contributed by atoms with E-state index in [0.29, 0.717) is 13.0 Å². The van der Waals surface area contributed by atoms with Gasteiger partial charge in [-0.15, -0.1) is 12.4 Å². The SMILES string of the molecule is CC1CCN(C(=O)[C@H]2C[C@@H](O)CN2)CC1.Cl. The Balaban J connectivity index is 0.00000128. The number of likely N-dealkylation sites (tertiary alicyclic amines) is 1. The van der Waals surface area contributed by atoms with Crippen LogP contribution in [0.25, 0.3) is 0 Å². The predicted molar refractivity (Wildman–Crippen MR) is 64.6 cm³/mol. The van der Waals surface area contributed by atoms with Crippen LogP contribution in [0.5, 0.6) is 0 Å². The summed E-state index contributed by atoms with van der Waals surface area (Å²) in [6.07, 6.45) is 2.45. The Hall–Kier alpha value is -0.320. The lowest BCUT2D eigenvalue weighted by Gasteiger charge is -2.32. The number of halogens is 1. The number of carbonyl (C=O) groups is 1. The second kappa shape index (κ2) is 5.84. The number of piperidine rings is 1. The van der Waals surface area contributed by atoms with Gasteiger partial charge < -0.3 is 15.3 Å². The number of β-amino-alcohol motifs (C(OH)–C–C–N with tert-alkyl or cyclic N) is 1. The summed E-state index contributed by atoms with van der Waals surface area (Å²) in [5.74, 6) is 0.926. The summed E-state index contributed by atoms with van der Waals surface area (Å²) in [5, 5.41) is 12.4. The van der Waals surface area contributed by atoms with Crippen LogP contribution in [0.15, 0.2) is 0 Å². The predicted octanol–water partition coefficient (Wildman–Crippen LogP) is 0.389. The Labute approximate surface area is 103 Å². The molecule has 2 N–H and O–H groups in total. The first kappa shape index (κ1) is 13.7. The van der Waals surface area contributed by atoms with Crippen molar-refractivity contribution in [3.63, 3.8) is 0 Å². The minimum atomic E-state index is -0.345. The van der Waals surface area contributed by atoms with E-state index in [1.54, 1.807) is 0 Å². The van der Waals surface area contributed by atoms with Crippen LogP contribution in [0.2, 0.25) is 0 Å². The van der Waals surface area contributed by atoms with E-state index >= 15 is 0 Å². The van der Waals surface area contributed by atoms with Crippen molar-refractivity contribution in [2.75, 3.05) is 19.6 Å². The lowest BCUT2D eigenvalue weighted by Crippen LogP contribution is -2.46. The number of carbonyl (C=O) groups excluding carboxylic acids is 1. The summed E-state index contributed by atoms with van der Waals surface area (Å²) in [5.41, 5.74) is 0. The van der Waals surface area contributed by atoms with Gasteiger partial charge in [-0.05, 0) is 25.2 Å². The average molecular weight is 249 g/mol. The van der Waals surface area contributed by atoms with Crippen molar-refractivity contribution in [2.24, 2.45) is 5.92 Å². The third-order valence-corrected chi connectivity index (χ3v) is 3.50. The first-order valence-corrected chi connectivity index (χ1v) is 5.87. The van der Waals surface area contributed by atoms with E-state index in [-0.39, 0.29) is 30.5 Å². The molecule has 16 heavy (non-hydrogen) atoms. The van der Waals surface area contributed by atoms with E-state index in [0.717, 1.165) is 31.8 Å². The van der Waals surface area contributed by atoms with E-state index < -0.39 is 0 Å². The standard InChI is InChI=1S/C11H20N2O2.ClH/c1-8-2-4-13(5-3-8)11(15)10-6-9(14)7-12-10;/h8-10,12,14H,2-7H2,1H3;1H/t9-,10-;/m1./s1. The number of nitrogens with zero attached hydrogens (tertiary/aromatic N) is 1. The van der Waals surface area contributed by atoms with Crippen LogP contribution in [-0.2, 0) is 4.79 Å². The van der Waals surface area contributed by atoms with E-state index in [1.807, 2.05) is 4.90 Å². The summed E-state index contributed by atoms with van der Waals surface area (Å²) in [6.45, 7) is 4.56. The van der Waals surface area contributed by atoms with Gasteiger partial charge in [0.15, 0.2) is 0 Å². The van der Waals surface area contributed by atoms with E-state index in [9.17, 15) is 9.90 Å². The van der Waals surface area contributed by atoms with Crippen LogP contribution in [0.4, 0.5) is 0 Å². The van der Waals surface area contributed by atoms with Crippen molar-refractivity contribution < 1.29 is 9.90 Å². The lowest BCUT2D eigenvalue weighted by atomic mass is 9.98. The Bertz CT molecular complexity index is 242. The highest BCUT2D eigenvalue weighted by atomic mass is 35.5. The van der Waals surface area contributed by atoms with Gasteiger partial charge in [-0.25, -0.2) is 0 Å². The minimum Gasteiger partial charge on any atom is -0.392 e. The molecule has 2 atom stereocenters. The molecule has 2 aliphatic rings. The molecule has 0 aliphatic carbocycles. The number of hydrogen-bond acceptors (Lipinski definition) is 3. The molecule has 2 heterocycles. The van der Waals surface area contributed by atoms with Gasteiger partial charge in [0.1, 0.15) is 0 Å². The van der Waals surface area contributed by atoms with Gasteiger partial charge in [-0.2, -0.15) is 0 Å². The summed E-state index contributed by atoms with van der Waals surface area (Å²) >= 11 is 0. The third kappa shape index (κ3) is 3.09. The van der Waals surface area contributed by atoms with Crippen LogP contribution in [0.3, 0.4) is 0 Å². The smallest absolute Gasteiger partial charge is 0.239 e. The molecule has 2 aliphatic heterocycles. The van der Waals surface area contributed by atoms with Gasteiger partial charge in [0.05, 0.1) is 12.1 Å². The Morgan fingerprint density at radius 1 is 1.38 bits per heavy atom. The molecular weight excluding hydrogens is 228 g/mol. The zero-order chi connectivity index (χ0) is 10.8. The molecular formula is C11H21ClN2O2. The van der Waals surface area contributed by atoms with Crippen LogP contribution in [-0.4, -0.2) is 47.7 Å². The molecule has 2 saturated heterocycles. The molecule has 0 bridgehead atoms. The van der Waals surface area contributed by atoms with Gasteiger partial charge in [-0.1, -0.05) is 6.92 Å². The molecule has 0 spiro atoms. The normalized spacial score (nSPS) is 31.2. The average Bonchev–Trinajstić information content (AvgIpc) is 2.65. The summed E-state index contributed by atoms with van der Waals surface area (Å²) in [4.78, 5) is 13.9. The van der Waals surface area contributed by atoms with Crippen molar-refractivity contribution in [3.05, 3.63) is 0 Å². The topological polar surface area (TPSA) is 52.6 Å². The first-order chi connectivity index (χ1) is 7.16. The second-order valence-corrected chi connectivity index (χ2v) is 4.86. The van der Waals surface area contributed by atoms with Crippen molar-refractivity contribution in [2.45, 2.75) is 38.3 Å². The number of aliphatic hydroxyl groups excluding tert-OH is 1. The monoisotopic (exact) mass is 248 g/mol. The van der Waals surface area contributed by atoms with Crippen molar-refractivity contribution in [1.82, 2.24) is 10.2 Å². The third-order valence-electron chi connectivity index (χ3n) is 3.50. The molecule has 0 saturated carbocycles. The Kier molecular flexibility index (Phi) is 5.02. The van der Waals surface area contributed by atoms with E-state index in [2.05, 4.69) is 12.2 Å². The molecule has 4 nitrogen and oxygen atoms in total. The molecule has 0 aromatic rings. The van der Waals surface area contributed by atoms with Gasteiger partial charge >= 0.3 is 0 Å². The van der Waals surface area contributed by atoms with Crippen molar-refractivity contribution in [3.8, 4) is 0 Å². The fourth-order valence-electron chi connectivity index (χ4n) is 2.35. The summed E-state index contributed by atoms with van der Waals surface area (Å²) in [7, 11) is 0. The highest BCUT2D eigenvalue weighted by molar-refractivity contribution is 5.85. The fraction of sp³-hybridized carbons (Fsp3) is 0.909. The second-order valence-electron chi connectivity index (χ2n) is 4.86. The highest BCUT2D eigenvalue weighted by Gasteiger charge is 2.32. The molecule has 0 aromatic heterocycles. The summed E-state index contributed by atoms with van der Waals surface area (Å²) < 4.78 is 0. The van der Waals surface area contributed by atoms with Gasteiger partial charge in [0.25, 0.3) is 0 Å². The first-order valence-electron chi connectivity index (χ1n) is 5.87. The maximum atomic E-state index is 12.0. The largest absolute Gasteiger partial charge is 0.392 e. The summed E-state index contributed by atoms with van der Waals surface area (Å²) in [6, 6.07) is -0.145. The van der Waals surface area contributed by atoms with Crippen molar-refractivity contribution in [1.29, 1.82) is 0 Å². The van der Waals surface area contributed by atoms with Crippen LogP contribution < -0.4 is 5.32 Å². The quantitative estimate of drug-likeness (QED) is 0.706. The number of amides is 1. The molecule has 2 fully saturated rings. The maximum absolute atomic E-state index is 12.0. The van der Waals surface area contributed by atoms with Crippen LogP contribution >= 0.6 is 12.4 Å². The molecule has 0 radical (unpaired) electrons. The number of hydrogen-bond donors (Lipinski definition) is 2. The minimum absolute atomic E-state index is 0. The molecule has 1 amide bonds. The maximum Gasteiger partial charge on any atom is 0.239 e. The van der Waals surface area contributed by atoms with Crippen molar-refractivity contribution >= 4 is 18.3 Å². The zero-order valence-electron chi connectivity index (χ0n) is 9.69. The van der Waals surface area contributed by atoms with Crippen LogP contribution in [0, 0.1) is 5.92 Å². The van der Waals surface area contributed by atoms with Gasteiger partial charge in [-0.3, -0.25) is 4.79 Å². The fourth-order valence-corrected chi connectivity index (χ4v) is 2.35. The Morgan fingerprint density at radius 2 is 2.00 bits per heavy atom. The van der Waals surface area contributed by atoms with Gasteiger partial charge in [0, 0.05) is 19.6 Å². The number of aliphatic hydroxyl groups is 1. The molecule has 0 aromatic carbocycles. The highest BCUT2D eigenvalue weighted by Crippen LogP contribution is 2.18. The lowest BCUT2D eigenvalue weighted by molar-refractivity contribution is -0.134. The van der Waals surface area contributed by atoms with Gasteiger partial charge in [0.2, 0.25) is 5.91 Å². The van der Waals surface area contributed by atoms with E-state index in [4.69, 9.17) is 0 Å². The van der Waals surface area contributed by atoms with E-state index in [1.165, 1.54) is 0 Å². The Morgan fingerprint density at radius 3 is 2.50 bits per heavy atom.